The molecular formula is C25H29Cl3N2O2S. The molecule has 0 heterocycles. The number of carbonyl (C=O) groups excluding carboxylic acids is 2. The third kappa shape index (κ3) is 7.81. The van der Waals surface area contributed by atoms with E-state index in [4.69, 9.17) is 34.8 Å². The molecule has 0 aliphatic heterocycles. The van der Waals surface area contributed by atoms with Gasteiger partial charge < -0.3 is 10.2 Å². The fourth-order valence-corrected chi connectivity index (χ4v) is 5.44. The molecule has 1 fully saturated rings. The number of rotatable bonds is 9. The molecule has 2 amide bonds. The van der Waals surface area contributed by atoms with Crippen molar-refractivity contribution >= 4 is 58.4 Å². The topological polar surface area (TPSA) is 49.4 Å². The zero-order chi connectivity index (χ0) is 23.8. The Kier molecular flexibility index (Phi) is 10.2. The highest BCUT2D eigenvalue weighted by Crippen LogP contribution is 2.27. The second-order valence-corrected chi connectivity index (χ2v) is 10.6. The van der Waals surface area contributed by atoms with Gasteiger partial charge in [-0.05, 0) is 49.6 Å². The average Bonchev–Trinajstić information content (AvgIpc) is 2.80. The van der Waals surface area contributed by atoms with E-state index >= 15 is 0 Å². The molecular weight excluding hydrogens is 499 g/mol. The van der Waals surface area contributed by atoms with E-state index in [0.29, 0.717) is 26.4 Å². The maximum absolute atomic E-state index is 13.3. The first-order valence-corrected chi connectivity index (χ1v) is 13.5. The Labute approximate surface area is 215 Å². The van der Waals surface area contributed by atoms with Crippen LogP contribution in [0.1, 0.15) is 50.2 Å². The number of nitrogens with zero attached hydrogens (tertiary/aromatic N) is 1. The number of benzene rings is 2. The fourth-order valence-electron chi connectivity index (χ4n) is 3.92. The first kappa shape index (κ1) is 26.2. The highest BCUT2D eigenvalue weighted by atomic mass is 35.5. The fraction of sp³-hybridized carbons (Fsp3) is 0.440. The summed E-state index contributed by atoms with van der Waals surface area (Å²) in [5.41, 5.74) is 1.73. The van der Waals surface area contributed by atoms with Crippen molar-refractivity contribution in [3.8, 4) is 0 Å². The Balaban J connectivity index is 1.69. The van der Waals surface area contributed by atoms with Crippen LogP contribution in [0.4, 0.5) is 0 Å². The van der Waals surface area contributed by atoms with E-state index in [1.165, 1.54) is 18.2 Å². The van der Waals surface area contributed by atoms with Gasteiger partial charge in [-0.3, -0.25) is 9.59 Å². The van der Waals surface area contributed by atoms with Gasteiger partial charge in [0.1, 0.15) is 6.04 Å². The smallest absolute Gasteiger partial charge is 0.242 e. The van der Waals surface area contributed by atoms with Crippen LogP contribution in [0.3, 0.4) is 0 Å². The van der Waals surface area contributed by atoms with Crippen molar-refractivity contribution in [1.82, 2.24) is 10.2 Å². The van der Waals surface area contributed by atoms with Crippen LogP contribution in [-0.2, 0) is 21.9 Å². The molecule has 0 aromatic heterocycles. The van der Waals surface area contributed by atoms with Crippen LogP contribution in [0.2, 0.25) is 15.1 Å². The molecule has 1 atom stereocenters. The van der Waals surface area contributed by atoms with Gasteiger partial charge in [0.05, 0.1) is 5.75 Å². The van der Waals surface area contributed by atoms with Crippen molar-refractivity contribution in [3.05, 3.63) is 68.7 Å². The first-order chi connectivity index (χ1) is 15.8. The van der Waals surface area contributed by atoms with Crippen LogP contribution in [0.5, 0.6) is 0 Å². The van der Waals surface area contributed by atoms with Crippen LogP contribution < -0.4 is 5.32 Å². The Morgan fingerprint density at radius 1 is 1.03 bits per heavy atom. The lowest BCUT2D eigenvalue weighted by molar-refractivity contribution is -0.139. The van der Waals surface area contributed by atoms with Crippen molar-refractivity contribution in [3.63, 3.8) is 0 Å². The highest BCUT2D eigenvalue weighted by molar-refractivity contribution is 7.99. The summed E-state index contributed by atoms with van der Waals surface area (Å²) in [4.78, 5) is 27.9. The van der Waals surface area contributed by atoms with Crippen molar-refractivity contribution in [2.75, 3.05) is 5.75 Å². The molecule has 1 saturated carbocycles. The number of halogens is 3. The predicted molar refractivity (Wildman–Crippen MR) is 139 cm³/mol. The van der Waals surface area contributed by atoms with Gasteiger partial charge in [0.2, 0.25) is 11.8 Å². The van der Waals surface area contributed by atoms with Gasteiger partial charge in [-0.1, -0.05) is 72.3 Å². The number of carbonyl (C=O) groups is 2. The van der Waals surface area contributed by atoms with E-state index in [0.717, 1.165) is 31.2 Å². The minimum atomic E-state index is -0.636. The molecule has 0 spiro atoms. The molecule has 3 rings (SSSR count). The lowest BCUT2D eigenvalue weighted by Crippen LogP contribution is -2.50. The van der Waals surface area contributed by atoms with Gasteiger partial charge >= 0.3 is 0 Å². The van der Waals surface area contributed by atoms with Crippen LogP contribution >= 0.6 is 46.6 Å². The summed E-state index contributed by atoms with van der Waals surface area (Å²) >= 11 is 20.2. The van der Waals surface area contributed by atoms with Crippen molar-refractivity contribution in [2.24, 2.45) is 0 Å². The minimum absolute atomic E-state index is 0.128. The van der Waals surface area contributed by atoms with Gasteiger partial charge in [0.15, 0.2) is 0 Å². The van der Waals surface area contributed by atoms with E-state index in [2.05, 4.69) is 5.32 Å². The van der Waals surface area contributed by atoms with Crippen molar-refractivity contribution < 1.29 is 9.59 Å². The molecule has 1 N–H and O–H groups in total. The quantitative estimate of drug-likeness (QED) is 0.392. The summed E-state index contributed by atoms with van der Waals surface area (Å²) < 4.78 is 0. The number of thioether (sulfide) groups is 1. The molecule has 178 valence electrons. The zero-order valence-corrected chi connectivity index (χ0v) is 21.7. The molecule has 2 aromatic rings. The van der Waals surface area contributed by atoms with E-state index in [-0.39, 0.29) is 30.2 Å². The molecule has 2 aromatic carbocycles. The monoisotopic (exact) mass is 526 g/mol. The van der Waals surface area contributed by atoms with Crippen LogP contribution in [0.25, 0.3) is 0 Å². The maximum Gasteiger partial charge on any atom is 0.242 e. The number of nitrogens with one attached hydrogen (secondary N) is 1. The molecule has 4 nitrogen and oxygen atoms in total. The van der Waals surface area contributed by atoms with E-state index < -0.39 is 6.04 Å². The second kappa shape index (κ2) is 12.9. The Morgan fingerprint density at radius 2 is 1.67 bits per heavy atom. The second-order valence-electron chi connectivity index (χ2n) is 8.36. The standard InChI is InChI=1S/C25H29Cl3N2O2S/c1-17(25(32)29-20-6-3-2-4-7-20)30(14-21-22(27)8-5-9-23(21)28)24(31)16-33-15-18-10-12-19(26)13-11-18/h5,8-13,17,20H,2-4,6-7,14-16H2,1H3,(H,29,32). The third-order valence-electron chi connectivity index (χ3n) is 5.92. The molecule has 1 aliphatic carbocycles. The molecule has 8 heteroatoms. The lowest BCUT2D eigenvalue weighted by Gasteiger charge is -2.31. The Morgan fingerprint density at radius 3 is 2.30 bits per heavy atom. The minimum Gasteiger partial charge on any atom is -0.352 e. The number of amides is 2. The lowest BCUT2D eigenvalue weighted by atomic mass is 9.95. The summed E-state index contributed by atoms with van der Waals surface area (Å²) in [6, 6.07) is 12.4. The van der Waals surface area contributed by atoms with Gasteiger partial charge in [-0.15, -0.1) is 11.8 Å². The highest BCUT2D eigenvalue weighted by Gasteiger charge is 2.29. The molecule has 0 radical (unpaired) electrons. The van der Waals surface area contributed by atoms with Gasteiger partial charge in [0, 0.05) is 39.0 Å². The van der Waals surface area contributed by atoms with E-state index in [1.54, 1.807) is 30.0 Å². The summed E-state index contributed by atoms with van der Waals surface area (Å²) in [6.45, 7) is 1.95. The summed E-state index contributed by atoms with van der Waals surface area (Å²) in [5, 5.41) is 4.78. The predicted octanol–water partition coefficient (Wildman–Crippen LogP) is 6.75. The van der Waals surface area contributed by atoms with Gasteiger partial charge in [-0.2, -0.15) is 0 Å². The van der Waals surface area contributed by atoms with E-state index in [1.807, 2.05) is 24.3 Å². The normalized spacial score (nSPS) is 15.2. The molecule has 33 heavy (non-hydrogen) atoms. The third-order valence-corrected chi connectivity index (χ3v) is 7.87. The average molecular weight is 528 g/mol. The Bertz CT molecular complexity index is 929. The van der Waals surface area contributed by atoms with Crippen molar-refractivity contribution in [2.45, 2.75) is 63.4 Å². The van der Waals surface area contributed by atoms with Crippen LogP contribution in [-0.4, -0.2) is 34.6 Å². The largest absolute Gasteiger partial charge is 0.352 e. The molecule has 1 aliphatic rings. The summed E-state index contributed by atoms with van der Waals surface area (Å²) in [7, 11) is 0. The first-order valence-electron chi connectivity index (χ1n) is 11.2. The van der Waals surface area contributed by atoms with Crippen LogP contribution in [0.15, 0.2) is 42.5 Å². The summed E-state index contributed by atoms with van der Waals surface area (Å²) in [5.74, 6) is 0.648. The van der Waals surface area contributed by atoms with Gasteiger partial charge in [-0.25, -0.2) is 0 Å². The molecule has 1 unspecified atom stereocenters. The Hall–Kier alpha value is -1.40. The maximum atomic E-state index is 13.3. The number of hydrogen-bond acceptors (Lipinski definition) is 3. The van der Waals surface area contributed by atoms with Crippen LogP contribution in [0, 0.1) is 0 Å². The van der Waals surface area contributed by atoms with Crippen molar-refractivity contribution in [1.29, 1.82) is 0 Å². The summed E-state index contributed by atoms with van der Waals surface area (Å²) in [6.07, 6.45) is 5.43. The number of hydrogen-bond donors (Lipinski definition) is 1. The SMILES string of the molecule is CC(C(=O)NC1CCCCC1)N(Cc1c(Cl)cccc1Cl)C(=O)CSCc1ccc(Cl)cc1. The zero-order valence-electron chi connectivity index (χ0n) is 18.7. The van der Waals surface area contributed by atoms with Gasteiger partial charge in [0.25, 0.3) is 0 Å². The molecule has 0 bridgehead atoms. The van der Waals surface area contributed by atoms with E-state index in [9.17, 15) is 9.59 Å². The molecule has 0 saturated heterocycles.